The van der Waals surface area contributed by atoms with Crippen molar-refractivity contribution in [1.82, 2.24) is 4.98 Å². The van der Waals surface area contributed by atoms with Crippen LogP contribution in [0.15, 0.2) is 18.3 Å². The molecule has 1 aromatic heterocycles. The summed E-state index contributed by atoms with van der Waals surface area (Å²) in [6, 6.07) is 3.77. The molecule has 1 rings (SSSR count). The highest BCUT2D eigenvalue weighted by Gasteiger charge is 1.98. The third-order valence-electron chi connectivity index (χ3n) is 2.20. The molecule has 0 saturated carbocycles. The van der Waals surface area contributed by atoms with Crippen LogP contribution in [-0.2, 0) is 16.1 Å². The van der Waals surface area contributed by atoms with Gasteiger partial charge in [-0.15, -0.1) is 0 Å². The SMILES string of the molecule is CCCCOCCOCc1cccnc1N. The summed E-state index contributed by atoms with van der Waals surface area (Å²) in [4.78, 5) is 3.99. The number of nitrogen functional groups attached to an aromatic ring is 1. The molecule has 1 aromatic rings. The Kier molecular flexibility index (Phi) is 6.53. The molecule has 0 bridgehead atoms. The highest BCUT2D eigenvalue weighted by molar-refractivity contribution is 5.37. The van der Waals surface area contributed by atoms with Crippen LogP contribution in [0.5, 0.6) is 0 Å². The second kappa shape index (κ2) is 8.07. The molecule has 0 radical (unpaired) electrons. The molecule has 4 heteroatoms. The number of aromatic nitrogens is 1. The summed E-state index contributed by atoms with van der Waals surface area (Å²) < 4.78 is 10.8. The van der Waals surface area contributed by atoms with Gasteiger partial charge in [0.15, 0.2) is 0 Å². The van der Waals surface area contributed by atoms with E-state index < -0.39 is 0 Å². The Labute approximate surface area is 96.8 Å². The number of nitrogens with zero attached hydrogens (tertiary/aromatic N) is 1. The molecule has 2 N–H and O–H groups in total. The first-order chi connectivity index (χ1) is 7.84. The fraction of sp³-hybridized carbons (Fsp3) is 0.583. The van der Waals surface area contributed by atoms with Gasteiger partial charge in [0.2, 0.25) is 0 Å². The summed E-state index contributed by atoms with van der Waals surface area (Å²) in [5, 5.41) is 0. The summed E-state index contributed by atoms with van der Waals surface area (Å²) in [6.07, 6.45) is 3.94. The molecule has 0 aliphatic rings. The van der Waals surface area contributed by atoms with Crippen molar-refractivity contribution in [3.05, 3.63) is 23.9 Å². The molecule has 0 saturated heterocycles. The van der Waals surface area contributed by atoms with Crippen molar-refractivity contribution < 1.29 is 9.47 Å². The van der Waals surface area contributed by atoms with E-state index in [1.54, 1.807) is 6.20 Å². The van der Waals surface area contributed by atoms with Gasteiger partial charge in [-0.1, -0.05) is 19.4 Å². The average Bonchev–Trinajstić information content (AvgIpc) is 2.30. The monoisotopic (exact) mass is 224 g/mol. The van der Waals surface area contributed by atoms with Crippen LogP contribution in [0.25, 0.3) is 0 Å². The molecule has 16 heavy (non-hydrogen) atoms. The lowest BCUT2D eigenvalue weighted by Crippen LogP contribution is -2.06. The van der Waals surface area contributed by atoms with E-state index in [9.17, 15) is 0 Å². The van der Waals surface area contributed by atoms with Crippen LogP contribution in [0, 0.1) is 0 Å². The number of anilines is 1. The van der Waals surface area contributed by atoms with Crippen molar-refractivity contribution >= 4 is 5.82 Å². The van der Waals surface area contributed by atoms with Gasteiger partial charge >= 0.3 is 0 Å². The minimum Gasteiger partial charge on any atom is -0.383 e. The standard InChI is InChI=1S/C12H20N2O2/c1-2-3-7-15-8-9-16-10-11-5-4-6-14-12(11)13/h4-6H,2-3,7-10H2,1H3,(H2,13,14). The molecule has 0 aromatic carbocycles. The lowest BCUT2D eigenvalue weighted by atomic mass is 10.3. The van der Waals surface area contributed by atoms with Gasteiger partial charge in [-0.2, -0.15) is 0 Å². The van der Waals surface area contributed by atoms with Crippen LogP contribution in [-0.4, -0.2) is 24.8 Å². The fourth-order valence-corrected chi connectivity index (χ4v) is 1.22. The maximum Gasteiger partial charge on any atom is 0.128 e. The molecule has 90 valence electrons. The number of hydrogen-bond acceptors (Lipinski definition) is 4. The highest BCUT2D eigenvalue weighted by atomic mass is 16.5. The summed E-state index contributed by atoms with van der Waals surface area (Å²) in [7, 11) is 0. The number of ether oxygens (including phenoxy) is 2. The maximum absolute atomic E-state index is 5.68. The van der Waals surface area contributed by atoms with Crippen molar-refractivity contribution in [1.29, 1.82) is 0 Å². The third kappa shape index (κ3) is 5.09. The average molecular weight is 224 g/mol. The second-order valence-corrected chi connectivity index (χ2v) is 3.57. The quantitative estimate of drug-likeness (QED) is 0.686. The molecule has 0 aliphatic heterocycles. The zero-order valence-electron chi connectivity index (χ0n) is 9.82. The van der Waals surface area contributed by atoms with E-state index in [0.717, 1.165) is 25.0 Å². The third-order valence-corrected chi connectivity index (χ3v) is 2.20. The molecule has 0 atom stereocenters. The van der Waals surface area contributed by atoms with E-state index in [2.05, 4.69) is 11.9 Å². The van der Waals surface area contributed by atoms with Crippen LogP contribution < -0.4 is 5.73 Å². The van der Waals surface area contributed by atoms with E-state index in [0.29, 0.717) is 25.6 Å². The maximum atomic E-state index is 5.68. The lowest BCUT2D eigenvalue weighted by Gasteiger charge is -2.06. The molecule has 0 spiro atoms. The van der Waals surface area contributed by atoms with Gasteiger partial charge < -0.3 is 15.2 Å². The number of nitrogens with two attached hydrogens (primary N) is 1. The summed E-state index contributed by atoms with van der Waals surface area (Å²) in [5.41, 5.74) is 6.61. The molecule has 0 amide bonds. The van der Waals surface area contributed by atoms with Crippen molar-refractivity contribution in [3.8, 4) is 0 Å². The van der Waals surface area contributed by atoms with Crippen molar-refractivity contribution in [2.24, 2.45) is 0 Å². The number of rotatable bonds is 8. The van der Waals surface area contributed by atoms with Gasteiger partial charge in [0, 0.05) is 18.4 Å². The highest BCUT2D eigenvalue weighted by Crippen LogP contribution is 2.07. The largest absolute Gasteiger partial charge is 0.383 e. The second-order valence-electron chi connectivity index (χ2n) is 3.57. The Bertz CT molecular complexity index is 292. The van der Waals surface area contributed by atoms with E-state index in [1.807, 2.05) is 12.1 Å². The van der Waals surface area contributed by atoms with Crippen molar-refractivity contribution in [2.45, 2.75) is 26.4 Å². The number of pyridine rings is 1. The van der Waals surface area contributed by atoms with E-state index >= 15 is 0 Å². The Morgan fingerprint density at radius 3 is 2.81 bits per heavy atom. The fourth-order valence-electron chi connectivity index (χ4n) is 1.22. The zero-order chi connectivity index (χ0) is 11.6. The summed E-state index contributed by atoms with van der Waals surface area (Å²) in [5.74, 6) is 0.536. The first-order valence-electron chi connectivity index (χ1n) is 5.69. The molecule has 0 unspecified atom stereocenters. The van der Waals surface area contributed by atoms with Gasteiger partial charge in [-0.3, -0.25) is 0 Å². The summed E-state index contributed by atoms with van der Waals surface area (Å²) >= 11 is 0. The Hall–Kier alpha value is -1.13. The van der Waals surface area contributed by atoms with Gasteiger partial charge in [0.05, 0.1) is 19.8 Å². The van der Waals surface area contributed by atoms with E-state index in [4.69, 9.17) is 15.2 Å². The molecular weight excluding hydrogens is 204 g/mol. The van der Waals surface area contributed by atoms with E-state index in [-0.39, 0.29) is 0 Å². The predicted octanol–water partition coefficient (Wildman–Crippen LogP) is 2.00. The van der Waals surface area contributed by atoms with Crippen LogP contribution in [0.2, 0.25) is 0 Å². The topological polar surface area (TPSA) is 57.4 Å². The lowest BCUT2D eigenvalue weighted by molar-refractivity contribution is 0.0398. The number of hydrogen-bond donors (Lipinski definition) is 1. The summed E-state index contributed by atoms with van der Waals surface area (Å²) in [6.45, 7) is 4.69. The predicted molar refractivity (Wildman–Crippen MR) is 64.0 cm³/mol. The normalized spacial score (nSPS) is 10.6. The van der Waals surface area contributed by atoms with Gasteiger partial charge in [-0.25, -0.2) is 4.98 Å². The smallest absolute Gasteiger partial charge is 0.128 e. The van der Waals surface area contributed by atoms with Gasteiger partial charge in [0.1, 0.15) is 5.82 Å². The molecular formula is C12H20N2O2. The van der Waals surface area contributed by atoms with Gasteiger partial charge in [0.25, 0.3) is 0 Å². The van der Waals surface area contributed by atoms with Crippen molar-refractivity contribution in [2.75, 3.05) is 25.6 Å². The molecule has 4 nitrogen and oxygen atoms in total. The minimum atomic E-state index is 0.497. The molecule has 0 aliphatic carbocycles. The first-order valence-corrected chi connectivity index (χ1v) is 5.69. The molecule has 1 heterocycles. The van der Waals surface area contributed by atoms with Crippen LogP contribution in [0.3, 0.4) is 0 Å². The van der Waals surface area contributed by atoms with Crippen LogP contribution in [0.4, 0.5) is 5.82 Å². The number of unbranched alkanes of at least 4 members (excludes halogenated alkanes) is 1. The Balaban J connectivity index is 2.05. The Morgan fingerprint density at radius 2 is 2.06 bits per heavy atom. The van der Waals surface area contributed by atoms with Crippen molar-refractivity contribution in [3.63, 3.8) is 0 Å². The van der Waals surface area contributed by atoms with Crippen LogP contribution in [0.1, 0.15) is 25.3 Å². The van der Waals surface area contributed by atoms with Crippen LogP contribution >= 0.6 is 0 Å². The van der Waals surface area contributed by atoms with E-state index in [1.165, 1.54) is 0 Å². The van der Waals surface area contributed by atoms with Gasteiger partial charge in [-0.05, 0) is 12.5 Å². The minimum absolute atomic E-state index is 0.497. The first kappa shape index (κ1) is 12.9. The Morgan fingerprint density at radius 1 is 1.25 bits per heavy atom. The zero-order valence-corrected chi connectivity index (χ0v) is 9.82. The molecule has 0 fully saturated rings.